The third-order valence-corrected chi connectivity index (χ3v) is 3.01. The van der Waals surface area contributed by atoms with E-state index < -0.39 is 5.82 Å². The molecule has 2 rings (SSSR count). The number of hydrogen-bond acceptors (Lipinski definition) is 3. The first-order valence-electron chi connectivity index (χ1n) is 5.33. The second kappa shape index (κ2) is 5.49. The summed E-state index contributed by atoms with van der Waals surface area (Å²) in [5, 5.41) is 6.97. The van der Waals surface area contributed by atoms with Crippen LogP contribution in [0.1, 0.15) is 12.7 Å². The maximum absolute atomic E-state index is 12.9. The van der Waals surface area contributed by atoms with Gasteiger partial charge >= 0.3 is 0 Å². The summed E-state index contributed by atoms with van der Waals surface area (Å²) in [6.45, 7) is 2.87. The van der Waals surface area contributed by atoms with Gasteiger partial charge in [-0.05, 0) is 37.3 Å². The highest BCUT2D eigenvalue weighted by Crippen LogP contribution is 2.25. The van der Waals surface area contributed by atoms with Crippen LogP contribution < -0.4 is 4.74 Å². The van der Waals surface area contributed by atoms with Crippen LogP contribution >= 0.6 is 23.8 Å². The van der Waals surface area contributed by atoms with Crippen LogP contribution in [0.15, 0.2) is 18.2 Å². The van der Waals surface area contributed by atoms with Gasteiger partial charge in [0, 0.05) is 6.54 Å². The molecule has 0 spiro atoms. The van der Waals surface area contributed by atoms with Crippen molar-refractivity contribution in [1.82, 2.24) is 14.8 Å². The zero-order chi connectivity index (χ0) is 13.1. The lowest BCUT2D eigenvalue weighted by atomic mass is 10.3. The summed E-state index contributed by atoms with van der Waals surface area (Å²) in [5.41, 5.74) is 0. The van der Waals surface area contributed by atoms with Gasteiger partial charge in [-0.2, -0.15) is 5.10 Å². The zero-order valence-electron chi connectivity index (χ0n) is 9.61. The second-order valence-corrected chi connectivity index (χ2v) is 4.35. The molecule has 0 aliphatic rings. The first-order valence-corrected chi connectivity index (χ1v) is 6.12. The molecule has 1 N–H and O–H groups in total. The Labute approximate surface area is 113 Å². The Bertz CT molecular complexity index is 611. The molecule has 4 nitrogen and oxygen atoms in total. The molecule has 96 valence electrons. The number of benzene rings is 1. The maximum Gasteiger partial charge on any atom is 0.195 e. The number of hydrogen-bond donors (Lipinski definition) is 1. The van der Waals surface area contributed by atoms with Crippen LogP contribution in [-0.4, -0.2) is 14.8 Å². The highest BCUT2D eigenvalue weighted by Gasteiger charge is 2.07. The van der Waals surface area contributed by atoms with Crippen LogP contribution in [0.2, 0.25) is 5.02 Å². The van der Waals surface area contributed by atoms with Gasteiger partial charge in [-0.25, -0.2) is 4.39 Å². The smallest absolute Gasteiger partial charge is 0.195 e. The Balaban J connectivity index is 2.14. The van der Waals surface area contributed by atoms with Crippen molar-refractivity contribution in [2.45, 2.75) is 20.1 Å². The quantitative estimate of drug-likeness (QED) is 0.877. The van der Waals surface area contributed by atoms with Crippen LogP contribution in [0, 0.1) is 10.6 Å². The summed E-state index contributed by atoms with van der Waals surface area (Å²) in [6.07, 6.45) is 0. The Morgan fingerprint density at radius 1 is 1.56 bits per heavy atom. The number of halogens is 2. The van der Waals surface area contributed by atoms with E-state index in [0.717, 1.165) is 0 Å². The molecule has 0 radical (unpaired) electrons. The minimum Gasteiger partial charge on any atom is -0.484 e. The summed E-state index contributed by atoms with van der Waals surface area (Å²) in [4.78, 5) is 0. The molecule has 0 saturated heterocycles. The highest BCUT2D eigenvalue weighted by atomic mass is 35.5. The lowest BCUT2D eigenvalue weighted by molar-refractivity contribution is 0.289. The monoisotopic (exact) mass is 287 g/mol. The average molecular weight is 288 g/mol. The maximum atomic E-state index is 12.9. The molecule has 0 fully saturated rings. The predicted molar refractivity (Wildman–Crippen MR) is 68.8 cm³/mol. The van der Waals surface area contributed by atoms with Crippen molar-refractivity contribution in [2.75, 3.05) is 0 Å². The Morgan fingerprint density at radius 3 is 3.00 bits per heavy atom. The van der Waals surface area contributed by atoms with Crippen LogP contribution in [-0.2, 0) is 13.2 Å². The Kier molecular flexibility index (Phi) is 3.98. The molecule has 1 aromatic carbocycles. The van der Waals surface area contributed by atoms with E-state index in [1.54, 1.807) is 0 Å². The third kappa shape index (κ3) is 2.70. The molecule has 18 heavy (non-hydrogen) atoms. The first-order chi connectivity index (χ1) is 8.61. The van der Waals surface area contributed by atoms with E-state index in [9.17, 15) is 4.39 Å². The van der Waals surface area contributed by atoms with Gasteiger partial charge in [-0.15, -0.1) is 0 Å². The summed E-state index contributed by atoms with van der Waals surface area (Å²) in [6, 6.07) is 3.97. The van der Waals surface area contributed by atoms with E-state index in [1.165, 1.54) is 18.2 Å². The molecule has 0 atom stereocenters. The fraction of sp³-hybridized carbons (Fsp3) is 0.273. The summed E-state index contributed by atoms with van der Waals surface area (Å²) < 4.78 is 20.7. The molecule has 1 heterocycles. The Hall–Kier alpha value is -1.40. The lowest BCUT2D eigenvalue weighted by Crippen LogP contribution is -2.06. The summed E-state index contributed by atoms with van der Waals surface area (Å²) in [5.74, 6) is 0.682. The summed E-state index contributed by atoms with van der Waals surface area (Å²) in [7, 11) is 0. The van der Waals surface area contributed by atoms with Crippen LogP contribution in [0.3, 0.4) is 0 Å². The molecular weight excluding hydrogens is 277 g/mol. The van der Waals surface area contributed by atoms with E-state index in [2.05, 4.69) is 10.2 Å². The molecule has 1 aromatic heterocycles. The molecule has 0 bridgehead atoms. The largest absolute Gasteiger partial charge is 0.484 e. The predicted octanol–water partition coefficient (Wildman–Crippen LogP) is 3.33. The third-order valence-electron chi connectivity index (χ3n) is 2.40. The fourth-order valence-electron chi connectivity index (χ4n) is 1.52. The molecule has 0 aliphatic carbocycles. The normalized spacial score (nSPS) is 10.6. The van der Waals surface area contributed by atoms with Crippen LogP contribution in [0.4, 0.5) is 4.39 Å². The van der Waals surface area contributed by atoms with Crippen LogP contribution in [0.25, 0.3) is 0 Å². The van der Waals surface area contributed by atoms with Gasteiger partial charge in [-0.3, -0.25) is 5.10 Å². The second-order valence-electron chi connectivity index (χ2n) is 3.55. The van der Waals surface area contributed by atoms with Gasteiger partial charge in [0.25, 0.3) is 0 Å². The van der Waals surface area contributed by atoms with Crippen molar-refractivity contribution in [1.29, 1.82) is 0 Å². The van der Waals surface area contributed by atoms with Crippen molar-refractivity contribution in [3.63, 3.8) is 0 Å². The van der Waals surface area contributed by atoms with Crippen molar-refractivity contribution in [3.8, 4) is 5.75 Å². The van der Waals surface area contributed by atoms with Gasteiger partial charge in [0.15, 0.2) is 10.6 Å². The van der Waals surface area contributed by atoms with E-state index in [0.29, 0.717) is 22.9 Å². The number of aromatic amines is 1. The number of aromatic nitrogens is 3. The minimum absolute atomic E-state index is 0.215. The standard InChI is InChI=1S/C11H11ClFN3OS/c1-2-16-10(14-15-11(16)18)6-17-9-4-3-7(13)5-8(9)12/h3-5H,2,6H2,1H3,(H,15,18). The highest BCUT2D eigenvalue weighted by molar-refractivity contribution is 7.71. The molecule has 0 unspecified atom stereocenters. The van der Waals surface area contributed by atoms with Gasteiger partial charge in [0.2, 0.25) is 0 Å². The van der Waals surface area contributed by atoms with Gasteiger partial charge < -0.3 is 9.30 Å². The molecular formula is C11H11ClFN3OS. The number of nitrogens with one attached hydrogen (secondary N) is 1. The SMILES string of the molecule is CCn1c(COc2ccc(F)cc2Cl)n[nH]c1=S. The van der Waals surface area contributed by atoms with Gasteiger partial charge in [0.1, 0.15) is 18.2 Å². The van der Waals surface area contributed by atoms with E-state index in [-0.39, 0.29) is 11.6 Å². The number of nitrogens with zero attached hydrogens (tertiary/aromatic N) is 2. The Morgan fingerprint density at radius 2 is 2.33 bits per heavy atom. The number of ether oxygens (including phenoxy) is 1. The zero-order valence-corrected chi connectivity index (χ0v) is 11.2. The van der Waals surface area contributed by atoms with E-state index >= 15 is 0 Å². The van der Waals surface area contributed by atoms with Crippen LogP contribution in [0.5, 0.6) is 5.75 Å². The molecule has 0 amide bonds. The first kappa shape index (κ1) is 13.0. The molecule has 7 heteroatoms. The number of rotatable bonds is 4. The van der Waals surface area contributed by atoms with Gasteiger partial charge in [-0.1, -0.05) is 11.6 Å². The lowest BCUT2D eigenvalue weighted by Gasteiger charge is -2.08. The molecule has 0 aliphatic heterocycles. The minimum atomic E-state index is -0.399. The number of H-pyrrole nitrogens is 1. The molecule has 0 saturated carbocycles. The fourth-order valence-corrected chi connectivity index (χ4v) is 2.02. The van der Waals surface area contributed by atoms with Crippen molar-refractivity contribution < 1.29 is 9.13 Å². The van der Waals surface area contributed by atoms with Gasteiger partial charge in [0.05, 0.1) is 5.02 Å². The van der Waals surface area contributed by atoms with Crippen molar-refractivity contribution in [2.24, 2.45) is 0 Å². The van der Waals surface area contributed by atoms with E-state index in [4.69, 9.17) is 28.6 Å². The van der Waals surface area contributed by atoms with Crippen molar-refractivity contribution in [3.05, 3.63) is 39.6 Å². The topological polar surface area (TPSA) is 42.8 Å². The summed E-state index contributed by atoms with van der Waals surface area (Å²) >= 11 is 10.9. The van der Waals surface area contributed by atoms with E-state index in [1.807, 2.05) is 11.5 Å². The average Bonchev–Trinajstić information content (AvgIpc) is 2.69. The van der Waals surface area contributed by atoms with Crippen molar-refractivity contribution >= 4 is 23.8 Å². The molecule has 2 aromatic rings.